The van der Waals surface area contributed by atoms with E-state index in [2.05, 4.69) is 6.07 Å². The molecule has 0 aliphatic carbocycles. The zero-order valence-electron chi connectivity index (χ0n) is 6.82. The Bertz CT molecular complexity index is 262. The van der Waals surface area contributed by atoms with Crippen molar-refractivity contribution in [2.24, 2.45) is 0 Å². The van der Waals surface area contributed by atoms with Gasteiger partial charge in [0.15, 0.2) is 5.12 Å². The maximum atomic E-state index is 10.5. The number of carbonyl (C=O) groups excluding carboxylic acids is 1. The molecule has 0 amide bonds. The molecule has 0 radical (unpaired) electrons. The monoisotopic (exact) mass is 198 g/mol. The van der Waals surface area contributed by atoms with Gasteiger partial charge in [0.05, 0.1) is 0 Å². The molecule has 0 aliphatic rings. The van der Waals surface area contributed by atoms with Crippen molar-refractivity contribution in [1.29, 1.82) is 0 Å². The Kier molecular flexibility index (Phi) is 4.11. The van der Waals surface area contributed by atoms with Crippen molar-refractivity contribution in [3.05, 3.63) is 28.5 Å². The van der Waals surface area contributed by atoms with Gasteiger partial charge in [0, 0.05) is 17.6 Å². The molecule has 0 saturated carbocycles. The lowest BCUT2D eigenvalue weighted by Gasteiger charge is -1.87. The van der Waals surface area contributed by atoms with Crippen LogP contribution in [0.15, 0.2) is 23.6 Å². The van der Waals surface area contributed by atoms with E-state index in [1.807, 2.05) is 23.6 Å². The summed E-state index contributed by atoms with van der Waals surface area (Å²) in [5.41, 5.74) is 0. The van der Waals surface area contributed by atoms with Gasteiger partial charge in [-0.15, -0.1) is 11.3 Å². The van der Waals surface area contributed by atoms with Crippen LogP contribution in [-0.4, -0.2) is 10.9 Å². The summed E-state index contributed by atoms with van der Waals surface area (Å²) in [5, 5.41) is 2.21. The Morgan fingerprint density at radius 1 is 1.75 bits per heavy atom. The smallest absolute Gasteiger partial charge is 0.186 e. The summed E-state index contributed by atoms with van der Waals surface area (Å²) in [5.74, 6) is 0.771. The van der Waals surface area contributed by atoms with Gasteiger partial charge in [-0.05, 0) is 17.5 Å². The van der Waals surface area contributed by atoms with Crippen LogP contribution in [0.2, 0.25) is 0 Å². The molecule has 0 atom stereocenters. The first kappa shape index (κ1) is 9.55. The van der Waals surface area contributed by atoms with Crippen molar-refractivity contribution in [3.8, 4) is 0 Å². The maximum Gasteiger partial charge on any atom is 0.186 e. The lowest BCUT2D eigenvalue weighted by molar-refractivity contribution is -0.109. The highest BCUT2D eigenvalue weighted by Gasteiger charge is 1.89. The highest BCUT2D eigenvalue weighted by atomic mass is 32.2. The van der Waals surface area contributed by atoms with Crippen LogP contribution in [0, 0.1) is 0 Å². The van der Waals surface area contributed by atoms with Gasteiger partial charge >= 0.3 is 0 Å². The van der Waals surface area contributed by atoms with Gasteiger partial charge < -0.3 is 0 Å². The van der Waals surface area contributed by atoms with E-state index in [1.54, 1.807) is 18.3 Å². The van der Waals surface area contributed by atoms with Gasteiger partial charge in [-0.25, -0.2) is 0 Å². The number of hydrogen-bond donors (Lipinski definition) is 0. The van der Waals surface area contributed by atoms with Crippen LogP contribution in [0.25, 0.3) is 6.08 Å². The fourth-order valence-electron chi connectivity index (χ4n) is 0.716. The minimum Gasteiger partial charge on any atom is -0.288 e. The van der Waals surface area contributed by atoms with Crippen LogP contribution < -0.4 is 0 Å². The van der Waals surface area contributed by atoms with E-state index >= 15 is 0 Å². The van der Waals surface area contributed by atoms with Crippen molar-refractivity contribution >= 4 is 34.3 Å². The number of hydrogen-bond acceptors (Lipinski definition) is 3. The zero-order valence-corrected chi connectivity index (χ0v) is 8.45. The summed E-state index contributed by atoms with van der Waals surface area (Å²) in [4.78, 5) is 11.8. The Morgan fingerprint density at radius 2 is 2.58 bits per heavy atom. The Morgan fingerprint density at radius 3 is 3.17 bits per heavy atom. The molecule has 1 aromatic heterocycles. The minimum absolute atomic E-state index is 0.172. The van der Waals surface area contributed by atoms with E-state index in [0.717, 1.165) is 5.75 Å². The van der Waals surface area contributed by atoms with Gasteiger partial charge in [0.2, 0.25) is 0 Å². The molecule has 1 rings (SSSR count). The van der Waals surface area contributed by atoms with Crippen LogP contribution in [-0.2, 0) is 4.79 Å². The summed E-state index contributed by atoms with van der Waals surface area (Å²) < 4.78 is 0. The van der Waals surface area contributed by atoms with E-state index in [9.17, 15) is 4.79 Å². The third-order valence-corrected chi connectivity index (χ3v) is 2.81. The molecule has 1 nitrogen and oxygen atoms in total. The lowest BCUT2D eigenvalue weighted by Crippen LogP contribution is -1.80. The van der Waals surface area contributed by atoms with Gasteiger partial charge in [0.25, 0.3) is 0 Å². The van der Waals surface area contributed by atoms with Crippen LogP contribution >= 0.6 is 23.1 Å². The fraction of sp³-hybridized carbons (Fsp3) is 0.222. The second kappa shape index (κ2) is 5.17. The van der Waals surface area contributed by atoms with Gasteiger partial charge in [-0.3, -0.25) is 4.79 Å². The largest absolute Gasteiger partial charge is 0.288 e. The predicted molar refractivity (Wildman–Crippen MR) is 56.5 cm³/mol. The van der Waals surface area contributed by atoms with E-state index in [-0.39, 0.29) is 5.12 Å². The molecule has 0 fully saturated rings. The van der Waals surface area contributed by atoms with Crippen molar-refractivity contribution in [2.75, 3.05) is 5.75 Å². The summed E-state index contributed by atoms with van der Waals surface area (Å²) in [7, 11) is 0. The lowest BCUT2D eigenvalue weighted by atomic mass is 10.4. The van der Waals surface area contributed by atoms with Gasteiger partial charge in [-0.1, -0.05) is 23.9 Å². The molecule has 3 heteroatoms. The topological polar surface area (TPSA) is 17.1 Å². The molecule has 0 aromatic carbocycles. The molecule has 12 heavy (non-hydrogen) atoms. The highest BCUT2D eigenvalue weighted by Crippen LogP contribution is 2.11. The Balaban J connectivity index is 2.27. The van der Waals surface area contributed by atoms with Crippen LogP contribution in [0.4, 0.5) is 0 Å². The molecule has 0 spiro atoms. The molecular formula is C9H10OS2. The average Bonchev–Trinajstić information content (AvgIpc) is 2.49. The normalized spacial score (nSPS) is 10.8. The van der Waals surface area contributed by atoms with Crippen molar-refractivity contribution in [3.63, 3.8) is 0 Å². The zero-order chi connectivity index (χ0) is 8.81. The third kappa shape index (κ3) is 3.74. The standard InChI is InChI=1S/C9H10OS2/c1-8(10)11-6-2-4-9-5-3-7-12-9/h2-5,7H,6H2,1H3/b4-2+. The third-order valence-electron chi connectivity index (χ3n) is 1.21. The molecule has 1 heterocycles. The summed E-state index contributed by atoms with van der Waals surface area (Å²) in [6.07, 6.45) is 4.05. The first-order valence-electron chi connectivity index (χ1n) is 3.62. The summed E-state index contributed by atoms with van der Waals surface area (Å²) in [6.45, 7) is 1.59. The van der Waals surface area contributed by atoms with E-state index < -0.39 is 0 Å². The summed E-state index contributed by atoms with van der Waals surface area (Å²) in [6, 6.07) is 4.07. The molecule has 0 aliphatic heterocycles. The molecule has 0 unspecified atom stereocenters. The molecule has 0 bridgehead atoms. The quantitative estimate of drug-likeness (QED) is 0.742. The highest BCUT2D eigenvalue weighted by molar-refractivity contribution is 8.13. The van der Waals surface area contributed by atoms with E-state index in [0.29, 0.717) is 0 Å². The van der Waals surface area contributed by atoms with Gasteiger partial charge in [-0.2, -0.15) is 0 Å². The SMILES string of the molecule is CC(=O)SC/C=C/c1cccs1. The van der Waals surface area contributed by atoms with Crippen LogP contribution in [0.1, 0.15) is 11.8 Å². The Labute approximate surface area is 80.5 Å². The predicted octanol–water partition coefficient (Wildman–Crippen LogP) is 3.04. The number of carbonyl (C=O) groups is 1. The van der Waals surface area contributed by atoms with Crippen LogP contribution in [0.5, 0.6) is 0 Å². The van der Waals surface area contributed by atoms with Crippen LogP contribution in [0.3, 0.4) is 0 Å². The second-order valence-electron chi connectivity index (χ2n) is 2.22. The number of thiophene rings is 1. The minimum atomic E-state index is 0.172. The molecule has 0 saturated heterocycles. The van der Waals surface area contributed by atoms with E-state index in [4.69, 9.17) is 0 Å². The molecule has 0 N–H and O–H groups in total. The fourth-order valence-corrected chi connectivity index (χ4v) is 1.79. The molecular weight excluding hydrogens is 188 g/mol. The molecule has 1 aromatic rings. The average molecular weight is 198 g/mol. The van der Waals surface area contributed by atoms with E-state index in [1.165, 1.54) is 16.6 Å². The first-order chi connectivity index (χ1) is 5.79. The first-order valence-corrected chi connectivity index (χ1v) is 5.49. The van der Waals surface area contributed by atoms with Gasteiger partial charge in [0.1, 0.15) is 0 Å². The number of rotatable bonds is 3. The van der Waals surface area contributed by atoms with Crippen molar-refractivity contribution < 1.29 is 4.79 Å². The summed E-state index contributed by atoms with van der Waals surface area (Å²) >= 11 is 3.03. The van der Waals surface area contributed by atoms with Crippen molar-refractivity contribution in [2.45, 2.75) is 6.92 Å². The number of thioether (sulfide) groups is 1. The second-order valence-corrected chi connectivity index (χ2v) is 4.40. The maximum absolute atomic E-state index is 10.5. The molecule has 64 valence electrons. The Hall–Kier alpha value is -0.540. The van der Waals surface area contributed by atoms with Crippen molar-refractivity contribution in [1.82, 2.24) is 0 Å².